The molecule has 1 unspecified atom stereocenters. The van der Waals surface area contributed by atoms with Crippen molar-refractivity contribution in [3.05, 3.63) is 40.2 Å². The summed E-state index contributed by atoms with van der Waals surface area (Å²) >= 11 is 6.11. The first-order valence-corrected chi connectivity index (χ1v) is 5.93. The second-order valence-corrected chi connectivity index (χ2v) is 4.48. The summed E-state index contributed by atoms with van der Waals surface area (Å²) in [7, 11) is 1.73. The highest BCUT2D eigenvalue weighted by molar-refractivity contribution is 6.31. The number of hydrogen-bond donors (Lipinski definition) is 2. The van der Waals surface area contributed by atoms with E-state index < -0.39 is 0 Å². The van der Waals surface area contributed by atoms with E-state index in [4.69, 9.17) is 17.4 Å². The van der Waals surface area contributed by atoms with Crippen LogP contribution in [0, 0.1) is 6.92 Å². The minimum absolute atomic E-state index is 0.0899. The van der Waals surface area contributed by atoms with Gasteiger partial charge in [0.2, 0.25) is 0 Å². The van der Waals surface area contributed by atoms with Crippen molar-refractivity contribution in [3.63, 3.8) is 0 Å². The maximum Gasteiger partial charge on any atom is 0.176 e. The van der Waals surface area contributed by atoms with E-state index in [1.165, 1.54) is 4.80 Å². The highest BCUT2D eigenvalue weighted by Gasteiger charge is 2.16. The fourth-order valence-electron chi connectivity index (χ4n) is 1.85. The molecular formula is C11H15ClN6. The van der Waals surface area contributed by atoms with Crippen molar-refractivity contribution in [1.29, 1.82) is 0 Å². The topological polar surface area (TPSA) is 81.7 Å². The van der Waals surface area contributed by atoms with Gasteiger partial charge in [0.1, 0.15) is 0 Å². The van der Waals surface area contributed by atoms with Gasteiger partial charge in [0.25, 0.3) is 0 Å². The van der Waals surface area contributed by atoms with Crippen LogP contribution in [0.25, 0.3) is 0 Å². The minimum Gasteiger partial charge on any atom is -0.271 e. The smallest absolute Gasteiger partial charge is 0.176 e. The summed E-state index contributed by atoms with van der Waals surface area (Å²) in [5.74, 6) is 6.24. The van der Waals surface area contributed by atoms with Gasteiger partial charge in [-0.25, -0.2) is 0 Å². The van der Waals surface area contributed by atoms with Crippen molar-refractivity contribution in [2.75, 3.05) is 0 Å². The average molecular weight is 267 g/mol. The first-order chi connectivity index (χ1) is 8.61. The number of halogens is 1. The number of rotatable bonds is 4. The van der Waals surface area contributed by atoms with Crippen LogP contribution in [0.2, 0.25) is 5.02 Å². The molecule has 2 rings (SSSR count). The largest absolute Gasteiger partial charge is 0.271 e. The molecule has 0 aliphatic heterocycles. The predicted molar refractivity (Wildman–Crippen MR) is 68.8 cm³/mol. The standard InChI is InChI=1S/C11H15ClN6/c1-7-8(4-3-5-9(7)12)10(14-13)6-11-15-17-18(2)16-11/h3-5,10,14H,6,13H2,1-2H3. The molecule has 0 amide bonds. The molecule has 7 heteroatoms. The van der Waals surface area contributed by atoms with Crippen LogP contribution in [-0.4, -0.2) is 20.2 Å². The number of hydrogen-bond acceptors (Lipinski definition) is 5. The van der Waals surface area contributed by atoms with Gasteiger partial charge in [0.05, 0.1) is 13.1 Å². The highest BCUT2D eigenvalue weighted by Crippen LogP contribution is 2.25. The molecule has 0 aliphatic carbocycles. The number of tetrazole rings is 1. The zero-order valence-corrected chi connectivity index (χ0v) is 11.0. The molecule has 0 aliphatic rings. The summed E-state index contributed by atoms with van der Waals surface area (Å²) in [5, 5.41) is 12.6. The molecule has 96 valence electrons. The number of aromatic nitrogens is 4. The van der Waals surface area contributed by atoms with E-state index in [0.29, 0.717) is 12.2 Å². The summed E-state index contributed by atoms with van der Waals surface area (Å²) < 4.78 is 0. The quantitative estimate of drug-likeness (QED) is 0.635. The number of benzene rings is 1. The number of nitrogens with one attached hydrogen (secondary N) is 1. The predicted octanol–water partition coefficient (Wildman–Crippen LogP) is 0.919. The van der Waals surface area contributed by atoms with Crippen LogP contribution < -0.4 is 11.3 Å². The second-order valence-electron chi connectivity index (χ2n) is 4.07. The van der Waals surface area contributed by atoms with Gasteiger partial charge >= 0.3 is 0 Å². The molecule has 1 aromatic heterocycles. The van der Waals surface area contributed by atoms with Gasteiger partial charge < -0.3 is 0 Å². The van der Waals surface area contributed by atoms with Crippen molar-refractivity contribution in [2.24, 2.45) is 12.9 Å². The zero-order valence-electron chi connectivity index (χ0n) is 10.3. The monoisotopic (exact) mass is 266 g/mol. The molecular weight excluding hydrogens is 252 g/mol. The number of hydrazine groups is 1. The van der Waals surface area contributed by atoms with E-state index in [2.05, 4.69) is 20.8 Å². The van der Waals surface area contributed by atoms with Crippen LogP contribution in [0.5, 0.6) is 0 Å². The Balaban J connectivity index is 2.25. The Labute approximate surface area is 110 Å². The van der Waals surface area contributed by atoms with Gasteiger partial charge in [0.15, 0.2) is 5.82 Å². The lowest BCUT2D eigenvalue weighted by Crippen LogP contribution is -2.30. The van der Waals surface area contributed by atoms with Crippen LogP contribution >= 0.6 is 11.6 Å². The molecule has 0 fully saturated rings. The SMILES string of the molecule is Cc1c(Cl)cccc1C(Cc1nnn(C)n1)NN. The van der Waals surface area contributed by atoms with Crippen LogP contribution in [0.3, 0.4) is 0 Å². The summed E-state index contributed by atoms with van der Waals surface area (Å²) in [6, 6.07) is 5.66. The molecule has 0 radical (unpaired) electrons. The third kappa shape index (κ3) is 2.66. The summed E-state index contributed by atoms with van der Waals surface area (Å²) in [4.78, 5) is 1.42. The van der Waals surface area contributed by atoms with Crippen molar-refractivity contribution >= 4 is 11.6 Å². The molecule has 2 aromatic rings. The lowest BCUT2D eigenvalue weighted by atomic mass is 9.99. The normalized spacial score (nSPS) is 12.7. The Morgan fingerprint density at radius 1 is 1.50 bits per heavy atom. The maximum absolute atomic E-state index is 6.11. The molecule has 0 bridgehead atoms. The third-order valence-electron chi connectivity index (χ3n) is 2.82. The molecule has 1 heterocycles. The molecule has 0 spiro atoms. The van der Waals surface area contributed by atoms with E-state index in [-0.39, 0.29) is 6.04 Å². The Morgan fingerprint density at radius 3 is 2.89 bits per heavy atom. The summed E-state index contributed by atoms with van der Waals surface area (Å²) in [6.07, 6.45) is 0.561. The van der Waals surface area contributed by atoms with Crippen LogP contribution in [0.1, 0.15) is 23.0 Å². The fourth-order valence-corrected chi connectivity index (χ4v) is 2.03. The summed E-state index contributed by atoms with van der Waals surface area (Å²) in [6.45, 7) is 1.96. The van der Waals surface area contributed by atoms with Crippen molar-refractivity contribution in [3.8, 4) is 0 Å². The molecule has 18 heavy (non-hydrogen) atoms. The molecule has 1 atom stereocenters. The second kappa shape index (κ2) is 5.43. The lowest BCUT2D eigenvalue weighted by Gasteiger charge is -2.17. The van der Waals surface area contributed by atoms with Crippen LogP contribution in [0.15, 0.2) is 18.2 Å². The molecule has 0 saturated heterocycles. The van der Waals surface area contributed by atoms with Gasteiger partial charge in [0, 0.05) is 11.4 Å². The third-order valence-corrected chi connectivity index (χ3v) is 3.23. The first-order valence-electron chi connectivity index (χ1n) is 5.56. The van der Waals surface area contributed by atoms with Gasteiger partial charge in [-0.05, 0) is 29.3 Å². The fraction of sp³-hybridized carbons (Fsp3) is 0.364. The molecule has 6 nitrogen and oxygen atoms in total. The van der Waals surface area contributed by atoms with E-state index >= 15 is 0 Å². The van der Waals surface area contributed by atoms with Crippen molar-refractivity contribution < 1.29 is 0 Å². The van der Waals surface area contributed by atoms with Crippen molar-refractivity contribution in [2.45, 2.75) is 19.4 Å². The Morgan fingerprint density at radius 2 is 2.28 bits per heavy atom. The van der Waals surface area contributed by atoms with Crippen molar-refractivity contribution in [1.82, 2.24) is 25.6 Å². The van der Waals surface area contributed by atoms with E-state index in [1.54, 1.807) is 7.05 Å². The zero-order chi connectivity index (χ0) is 13.1. The van der Waals surface area contributed by atoms with Gasteiger partial charge in [-0.2, -0.15) is 4.80 Å². The van der Waals surface area contributed by atoms with Gasteiger partial charge in [-0.3, -0.25) is 11.3 Å². The minimum atomic E-state index is -0.0899. The van der Waals surface area contributed by atoms with E-state index in [9.17, 15) is 0 Å². The number of aryl methyl sites for hydroxylation is 1. The Bertz CT molecular complexity index is 538. The van der Waals surface area contributed by atoms with E-state index in [1.807, 2.05) is 25.1 Å². The van der Waals surface area contributed by atoms with Gasteiger partial charge in [-0.1, -0.05) is 23.7 Å². The average Bonchev–Trinajstić information content (AvgIpc) is 2.76. The van der Waals surface area contributed by atoms with Crippen LogP contribution in [-0.2, 0) is 13.5 Å². The Kier molecular flexibility index (Phi) is 3.90. The maximum atomic E-state index is 6.11. The highest BCUT2D eigenvalue weighted by atomic mass is 35.5. The summed E-state index contributed by atoms with van der Waals surface area (Å²) in [5.41, 5.74) is 4.81. The number of nitrogens with two attached hydrogens (primary N) is 1. The lowest BCUT2D eigenvalue weighted by molar-refractivity contribution is 0.534. The van der Waals surface area contributed by atoms with E-state index in [0.717, 1.165) is 16.1 Å². The van der Waals surface area contributed by atoms with Crippen LogP contribution in [0.4, 0.5) is 0 Å². The van der Waals surface area contributed by atoms with Gasteiger partial charge in [-0.15, -0.1) is 10.2 Å². The molecule has 1 aromatic carbocycles. The molecule has 3 N–H and O–H groups in total. The Hall–Kier alpha value is -1.50. The number of nitrogens with zero attached hydrogens (tertiary/aromatic N) is 4. The first kappa shape index (κ1) is 12.9. The molecule has 0 saturated carbocycles.